The Balaban J connectivity index is 2.07. The predicted octanol–water partition coefficient (Wildman–Crippen LogP) is 4.82. The van der Waals surface area contributed by atoms with E-state index in [0.29, 0.717) is 15.6 Å². The van der Waals surface area contributed by atoms with Crippen molar-refractivity contribution >= 4 is 32.3 Å². The van der Waals surface area contributed by atoms with E-state index in [2.05, 4.69) is 9.97 Å². The van der Waals surface area contributed by atoms with Gasteiger partial charge < -0.3 is 4.98 Å². The van der Waals surface area contributed by atoms with Crippen LogP contribution in [0.2, 0.25) is 0 Å². The van der Waals surface area contributed by atoms with Crippen molar-refractivity contribution in [2.45, 2.75) is 6.18 Å². The Hall–Kier alpha value is -2.67. The fraction of sp³-hybridized carbons (Fsp3) is 0.0588. The lowest BCUT2D eigenvalue weighted by Crippen LogP contribution is -2.10. The molecule has 0 bridgehead atoms. The van der Waals surface area contributed by atoms with Gasteiger partial charge in [-0.25, -0.2) is 4.98 Å². The largest absolute Gasteiger partial charge is 0.417 e. The Labute approximate surface area is 137 Å². The van der Waals surface area contributed by atoms with Crippen molar-refractivity contribution in [3.63, 3.8) is 0 Å². The first kappa shape index (κ1) is 14.9. The molecule has 0 aliphatic rings. The highest BCUT2D eigenvalue weighted by atomic mass is 32.1. The predicted molar refractivity (Wildman–Crippen MR) is 88.2 cm³/mol. The standard InChI is InChI=1S/C17H9F3N2OS/c18-17(19,20)11-8-24-13-7-3-5-10(14(11)13)15-21-12-6-2-1-4-9(12)16(23)22-15/h1-8H,(H,21,22,23). The van der Waals surface area contributed by atoms with Crippen molar-refractivity contribution in [3.8, 4) is 11.4 Å². The van der Waals surface area contributed by atoms with E-state index in [9.17, 15) is 18.0 Å². The molecule has 24 heavy (non-hydrogen) atoms. The molecule has 120 valence electrons. The molecular weight excluding hydrogens is 337 g/mol. The SMILES string of the molecule is O=c1[nH]c(-c2cccc3scc(C(F)(F)F)c23)nc2ccccc12. The minimum atomic E-state index is -4.47. The molecule has 1 N–H and O–H groups in total. The highest BCUT2D eigenvalue weighted by Gasteiger charge is 2.34. The van der Waals surface area contributed by atoms with Gasteiger partial charge in [0.15, 0.2) is 0 Å². The number of rotatable bonds is 1. The molecule has 0 atom stereocenters. The average Bonchev–Trinajstić information content (AvgIpc) is 2.99. The van der Waals surface area contributed by atoms with Crippen LogP contribution in [-0.4, -0.2) is 9.97 Å². The molecule has 0 aliphatic heterocycles. The smallest absolute Gasteiger partial charge is 0.306 e. The molecule has 7 heteroatoms. The zero-order valence-electron chi connectivity index (χ0n) is 12.0. The van der Waals surface area contributed by atoms with E-state index in [4.69, 9.17) is 0 Å². The van der Waals surface area contributed by atoms with Crippen molar-refractivity contribution in [2.24, 2.45) is 0 Å². The lowest BCUT2D eigenvalue weighted by atomic mass is 10.1. The molecule has 0 aliphatic carbocycles. The van der Waals surface area contributed by atoms with Crippen molar-refractivity contribution in [1.29, 1.82) is 0 Å². The Morgan fingerprint density at radius 2 is 1.83 bits per heavy atom. The quantitative estimate of drug-likeness (QED) is 0.537. The molecule has 0 radical (unpaired) electrons. The third kappa shape index (κ3) is 2.28. The number of aromatic nitrogens is 2. The molecular formula is C17H9F3N2OS. The molecule has 4 aromatic rings. The summed E-state index contributed by atoms with van der Waals surface area (Å²) in [6, 6.07) is 11.5. The minimum Gasteiger partial charge on any atom is -0.306 e. The Morgan fingerprint density at radius 1 is 1.04 bits per heavy atom. The summed E-state index contributed by atoms with van der Waals surface area (Å²) in [5.74, 6) is 0.133. The van der Waals surface area contributed by atoms with Gasteiger partial charge in [0, 0.05) is 21.0 Å². The van der Waals surface area contributed by atoms with Crippen LogP contribution < -0.4 is 5.56 Å². The number of aromatic amines is 1. The summed E-state index contributed by atoms with van der Waals surface area (Å²) < 4.78 is 40.4. The summed E-state index contributed by atoms with van der Waals surface area (Å²) in [4.78, 5) is 19.2. The monoisotopic (exact) mass is 346 g/mol. The van der Waals surface area contributed by atoms with E-state index >= 15 is 0 Å². The first-order chi connectivity index (χ1) is 11.4. The second-order valence-electron chi connectivity index (χ2n) is 5.26. The Morgan fingerprint density at radius 3 is 2.62 bits per heavy atom. The van der Waals surface area contributed by atoms with Gasteiger partial charge >= 0.3 is 6.18 Å². The number of para-hydroxylation sites is 1. The van der Waals surface area contributed by atoms with E-state index < -0.39 is 11.7 Å². The number of halogens is 3. The van der Waals surface area contributed by atoms with Crippen LogP contribution in [0.15, 0.2) is 52.6 Å². The zero-order valence-corrected chi connectivity index (χ0v) is 12.8. The number of hydrogen-bond donors (Lipinski definition) is 1. The summed E-state index contributed by atoms with van der Waals surface area (Å²) in [6.45, 7) is 0. The second kappa shape index (κ2) is 5.17. The van der Waals surface area contributed by atoms with Gasteiger partial charge in [0.25, 0.3) is 5.56 Å². The van der Waals surface area contributed by atoms with Crippen LogP contribution >= 0.6 is 11.3 Å². The van der Waals surface area contributed by atoms with E-state index in [0.717, 1.165) is 16.7 Å². The van der Waals surface area contributed by atoms with Gasteiger partial charge in [0.2, 0.25) is 0 Å². The molecule has 0 saturated carbocycles. The number of nitrogens with one attached hydrogen (secondary N) is 1. The lowest BCUT2D eigenvalue weighted by Gasteiger charge is -2.09. The highest BCUT2D eigenvalue weighted by Crippen LogP contribution is 2.42. The Kier molecular flexibility index (Phi) is 3.21. The van der Waals surface area contributed by atoms with Crippen molar-refractivity contribution in [3.05, 3.63) is 63.8 Å². The number of thiophene rings is 1. The maximum absolute atomic E-state index is 13.3. The van der Waals surface area contributed by atoms with Gasteiger partial charge in [-0.1, -0.05) is 24.3 Å². The molecule has 2 aromatic carbocycles. The summed E-state index contributed by atoms with van der Waals surface area (Å²) in [5.41, 5.74) is -0.383. The molecule has 3 nitrogen and oxygen atoms in total. The third-order valence-electron chi connectivity index (χ3n) is 3.77. The maximum Gasteiger partial charge on any atom is 0.417 e. The van der Waals surface area contributed by atoms with E-state index in [1.54, 1.807) is 36.4 Å². The van der Waals surface area contributed by atoms with Crippen LogP contribution in [0, 0.1) is 0 Å². The number of H-pyrrole nitrogens is 1. The van der Waals surface area contributed by atoms with Crippen LogP contribution in [0.3, 0.4) is 0 Å². The topological polar surface area (TPSA) is 45.8 Å². The summed E-state index contributed by atoms with van der Waals surface area (Å²) in [7, 11) is 0. The van der Waals surface area contributed by atoms with Gasteiger partial charge in [0.1, 0.15) is 5.82 Å². The molecule has 0 spiro atoms. The van der Waals surface area contributed by atoms with Crippen molar-refractivity contribution in [2.75, 3.05) is 0 Å². The molecule has 0 unspecified atom stereocenters. The Bertz CT molecular complexity index is 1130. The minimum absolute atomic E-state index is 0.0634. The number of alkyl halides is 3. The number of benzene rings is 2. The van der Waals surface area contributed by atoms with Crippen molar-refractivity contribution < 1.29 is 13.2 Å². The molecule has 0 fully saturated rings. The van der Waals surface area contributed by atoms with Crippen LogP contribution in [0.25, 0.3) is 32.4 Å². The van der Waals surface area contributed by atoms with Gasteiger partial charge in [0.05, 0.1) is 16.5 Å². The van der Waals surface area contributed by atoms with Gasteiger partial charge in [-0.3, -0.25) is 4.79 Å². The molecule has 0 amide bonds. The fourth-order valence-corrected chi connectivity index (χ4v) is 3.70. The summed E-state index contributed by atoms with van der Waals surface area (Å²) in [5, 5.41) is 1.55. The molecule has 4 rings (SSSR count). The van der Waals surface area contributed by atoms with Gasteiger partial charge in [-0.15, -0.1) is 11.3 Å². The van der Waals surface area contributed by atoms with Crippen LogP contribution in [0.5, 0.6) is 0 Å². The molecule has 2 aromatic heterocycles. The van der Waals surface area contributed by atoms with Crippen molar-refractivity contribution in [1.82, 2.24) is 9.97 Å². The van der Waals surface area contributed by atoms with Gasteiger partial charge in [-0.05, 0) is 18.2 Å². The number of nitrogens with zero attached hydrogens (tertiary/aromatic N) is 1. The average molecular weight is 346 g/mol. The second-order valence-corrected chi connectivity index (χ2v) is 6.17. The molecule has 0 saturated heterocycles. The van der Waals surface area contributed by atoms with Crippen LogP contribution in [0.4, 0.5) is 13.2 Å². The zero-order chi connectivity index (χ0) is 16.9. The maximum atomic E-state index is 13.3. The van der Waals surface area contributed by atoms with Gasteiger partial charge in [-0.2, -0.15) is 13.2 Å². The normalized spacial score (nSPS) is 12.1. The van der Waals surface area contributed by atoms with E-state index in [-0.39, 0.29) is 22.3 Å². The van der Waals surface area contributed by atoms with E-state index in [1.807, 2.05) is 0 Å². The summed E-state index contributed by atoms with van der Waals surface area (Å²) in [6.07, 6.45) is -4.47. The lowest BCUT2D eigenvalue weighted by molar-refractivity contribution is -0.136. The highest BCUT2D eigenvalue weighted by molar-refractivity contribution is 7.17. The third-order valence-corrected chi connectivity index (χ3v) is 4.72. The van der Waals surface area contributed by atoms with Crippen LogP contribution in [0.1, 0.15) is 5.56 Å². The number of hydrogen-bond acceptors (Lipinski definition) is 3. The van der Waals surface area contributed by atoms with Crippen LogP contribution in [-0.2, 0) is 6.18 Å². The molecule has 2 heterocycles. The first-order valence-corrected chi connectivity index (χ1v) is 7.90. The first-order valence-electron chi connectivity index (χ1n) is 7.02. The van der Waals surface area contributed by atoms with E-state index in [1.165, 1.54) is 6.07 Å². The fourth-order valence-electron chi connectivity index (χ4n) is 2.71. The number of fused-ring (bicyclic) bond motifs is 2. The summed E-state index contributed by atoms with van der Waals surface area (Å²) >= 11 is 1.02.